The highest BCUT2D eigenvalue weighted by Crippen LogP contribution is 2.49. The number of methoxy groups -OCH3 is 1. The summed E-state index contributed by atoms with van der Waals surface area (Å²) in [5.41, 5.74) is -5.52. The van der Waals surface area contributed by atoms with Crippen molar-refractivity contribution in [1.82, 2.24) is 5.32 Å². The standard InChI is InChI=1S/C33H29F3N2O7S/c1-31(2,3)44-30(40)37-29-25-10-5-6-11-27(25)32(38-29,21-12-15-24(43-4)16-13-21)22-14-17-28(45-46(41,42)33(34,35)36)26(19-22)20-8-7-9-23(39)18-20/h5-19,39H,1-4H3,(H,37,38,40)/p+1. The topological polar surface area (TPSA) is 126 Å². The number of alkyl carbamates (subject to hydrolysis) is 1. The molecule has 4 aromatic rings. The average Bonchev–Trinajstić information content (AvgIpc) is 3.30. The SMILES string of the molecule is COc1ccc(C2(c3ccc(OS(=O)(=O)C(F)(F)F)c(-c4cccc([OH2+])c4)c3)N=C(NC(=O)OC(C)(C)C)c3ccccc32)cc1. The van der Waals surface area contributed by atoms with Gasteiger partial charge in [-0.05, 0) is 67.3 Å². The molecule has 3 N–H and O–H groups in total. The number of carbonyl (C=O) groups is 1. The zero-order valence-electron chi connectivity index (χ0n) is 25.1. The molecule has 1 aliphatic heterocycles. The minimum atomic E-state index is -6.03. The fourth-order valence-corrected chi connectivity index (χ4v) is 5.61. The monoisotopic (exact) mass is 655 g/mol. The van der Waals surface area contributed by atoms with Crippen LogP contribution in [0.5, 0.6) is 17.2 Å². The van der Waals surface area contributed by atoms with Gasteiger partial charge in [0.15, 0.2) is 5.75 Å². The molecule has 0 bridgehead atoms. The van der Waals surface area contributed by atoms with Crippen molar-refractivity contribution < 1.29 is 45.1 Å². The lowest BCUT2D eigenvalue weighted by atomic mass is 9.77. The quantitative estimate of drug-likeness (QED) is 0.142. The molecule has 0 radical (unpaired) electrons. The van der Waals surface area contributed by atoms with Crippen molar-refractivity contribution in [3.8, 4) is 28.4 Å². The minimum Gasteiger partial charge on any atom is -0.593 e. The van der Waals surface area contributed by atoms with Crippen molar-refractivity contribution in [2.45, 2.75) is 37.4 Å². The average molecular weight is 656 g/mol. The molecule has 0 spiro atoms. The largest absolute Gasteiger partial charge is 0.593 e. The maximum absolute atomic E-state index is 13.4. The van der Waals surface area contributed by atoms with E-state index in [9.17, 15) is 26.4 Å². The number of amides is 1. The number of nitrogens with one attached hydrogen (secondary N) is 1. The lowest BCUT2D eigenvalue weighted by Crippen LogP contribution is -2.36. The van der Waals surface area contributed by atoms with Crippen molar-refractivity contribution in [1.29, 1.82) is 0 Å². The highest BCUT2D eigenvalue weighted by Gasteiger charge is 2.49. The second-order valence-corrected chi connectivity index (χ2v) is 12.9. The van der Waals surface area contributed by atoms with Crippen LogP contribution in [0.3, 0.4) is 0 Å². The lowest BCUT2D eigenvalue weighted by molar-refractivity contribution is -0.0499. The third kappa shape index (κ3) is 6.23. The van der Waals surface area contributed by atoms with Gasteiger partial charge in [0.1, 0.15) is 22.7 Å². The molecule has 0 saturated carbocycles. The number of halogens is 3. The first kappa shape index (κ1) is 32.4. The fourth-order valence-electron chi connectivity index (χ4n) is 5.13. The Morgan fingerprint density at radius 2 is 1.54 bits per heavy atom. The van der Waals surface area contributed by atoms with E-state index in [1.165, 1.54) is 43.5 Å². The molecule has 1 heterocycles. The minimum absolute atomic E-state index is 0.0329. The van der Waals surface area contributed by atoms with Gasteiger partial charge in [0.2, 0.25) is 0 Å². The summed E-state index contributed by atoms with van der Waals surface area (Å²) >= 11 is 0. The zero-order chi connectivity index (χ0) is 33.5. The molecule has 0 saturated heterocycles. The molecule has 1 aliphatic rings. The summed E-state index contributed by atoms with van der Waals surface area (Å²) in [7, 11) is -4.52. The molecule has 5 rings (SSSR count). The highest BCUT2D eigenvalue weighted by molar-refractivity contribution is 7.88. The molecular formula is C33H30F3N2O7S+. The van der Waals surface area contributed by atoms with E-state index in [2.05, 4.69) is 9.50 Å². The van der Waals surface area contributed by atoms with E-state index in [-0.39, 0.29) is 22.7 Å². The Labute approximate surface area is 263 Å². The van der Waals surface area contributed by atoms with Gasteiger partial charge in [-0.15, -0.1) is 0 Å². The van der Waals surface area contributed by atoms with Gasteiger partial charge in [-0.1, -0.05) is 54.6 Å². The third-order valence-corrected chi connectivity index (χ3v) is 8.00. The normalized spacial score (nSPS) is 16.3. The molecule has 1 atom stereocenters. The molecule has 240 valence electrons. The predicted octanol–water partition coefficient (Wildman–Crippen LogP) is 6.61. The van der Waals surface area contributed by atoms with Gasteiger partial charge in [-0.3, -0.25) is 5.32 Å². The molecule has 13 heteroatoms. The Kier molecular flexibility index (Phi) is 8.24. The summed E-state index contributed by atoms with van der Waals surface area (Å²) in [5.74, 6) is 0.162. The number of ether oxygens (including phenoxy) is 2. The zero-order valence-corrected chi connectivity index (χ0v) is 25.9. The van der Waals surface area contributed by atoms with E-state index in [1.54, 1.807) is 69.3 Å². The first-order valence-electron chi connectivity index (χ1n) is 13.9. The molecule has 46 heavy (non-hydrogen) atoms. The molecule has 0 aliphatic carbocycles. The Morgan fingerprint density at radius 1 is 0.870 bits per heavy atom. The van der Waals surface area contributed by atoms with E-state index in [4.69, 9.17) is 19.6 Å². The van der Waals surface area contributed by atoms with Crippen LogP contribution in [0.4, 0.5) is 18.0 Å². The number of rotatable bonds is 6. The number of fused-ring (bicyclic) bond motifs is 1. The Hall–Kier alpha value is -5.04. The van der Waals surface area contributed by atoms with E-state index in [0.29, 0.717) is 28.0 Å². The van der Waals surface area contributed by atoms with Crippen LogP contribution in [0.1, 0.15) is 43.0 Å². The summed E-state index contributed by atoms with van der Waals surface area (Å²) in [6.07, 6.45) is -0.749. The number of hydrogen-bond donors (Lipinski definition) is 1. The van der Waals surface area contributed by atoms with Gasteiger partial charge < -0.3 is 18.8 Å². The molecule has 0 fully saturated rings. The molecule has 0 aromatic heterocycles. The lowest BCUT2D eigenvalue weighted by Gasteiger charge is -2.30. The van der Waals surface area contributed by atoms with E-state index in [0.717, 1.165) is 6.07 Å². The summed E-state index contributed by atoms with van der Waals surface area (Å²) in [6, 6.07) is 23.9. The Balaban J connectivity index is 1.79. The molecule has 1 unspecified atom stereocenters. The van der Waals surface area contributed by atoms with Crippen molar-refractivity contribution in [3.63, 3.8) is 0 Å². The van der Waals surface area contributed by atoms with Gasteiger partial charge in [0.25, 0.3) is 5.75 Å². The number of alkyl halides is 3. The van der Waals surface area contributed by atoms with Gasteiger partial charge in [0, 0.05) is 23.3 Å². The van der Waals surface area contributed by atoms with Crippen LogP contribution in [0.2, 0.25) is 0 Å². The molecular weight excluding hydrogens is 625 g/mol. The number of aliphatic imine (C=N–C) groups is 1. The Bertz CT molecular complexity index is 1940. The first-order valence-corrected chi connectivity index (χ1v) is 15.3. The third-order valence-electron chi connectivity index (χ3n) is 7.03. The van der Waals surface area contributed by atoms with Crippen LogP contribution < -0.4 is 14.2 Å². The number of carbonyl (C=O) groups excluding carboxylic acids is 1. The van der Waals surface area contributed by atoms with Crippen molar-refractivity contribution in [2.75, 3.05) is 7.11 Å². The van der Waals surface area contributed by atoms with E-state index in [1.807, 2.05) is 0 Å². The number of hydrogen-bond acceptors (Lipinski definition) is 7. The maximum atomic E-state index is 13.4. The summed E-state index contributed by atoms with van der Waals surface area (Å²) < 4.78 is 79.8. The van der Waals surface area contributed by atoms with Crippen LogP contribution in [0.15, 0.2) is 96.0 Å². The van der Waals surface area contributed by atoms with Gasteiger partial charge in [-0.2, -0.15) is 21.6 Å². The van der Waals surface area contributed by atoms with Crippen LogP contribution in [0.25, 0.3) is 11.1 Å². The van der Waals surface area contributed by atoms with E-state index >= 15 is 0 Å². The smallest absolute Gasteiger partial charge is 0.534 e. The second kappa shape index (κ2) is 11.7. The van der Waals surface area contributed by atoms with Crippen LogP contribution >= 0.6 is 0 Å². The van der Waals surface area contributed by atoms with Crippen LogP contribution in [0, 0.1) is 0 Å². The van der Waals surface area contributed by atoms with Gasteiger partial charge >= 0.3 is 21.7 Å². The van der Waals surface area contributed by atoms with Crippen LogP contribution in [-0.4, -0.2) is 43.7 Å². The summed E-state index contributed by atoms with van der Waals surface area (Å²) in [6.45, 7) is 5.15. The molecule has 1 amide bonds. The number of benzene rings is 4. The summed E-state index contributed by atoms with van der Waals surface area (Å²) in [4.78, 5) is 17.9. The van der Waals surface area contributed by atoms with Crippen molar-refractivity contribution in [3.05, 3.63) is 113 Å². The van der Waals surface area contributed by atoms with Crippen molar-refractivity contribution >= 4 is 22.0 Å². The molecule has 9 nitrogen and oxygen atoms in total. The van der Waals surface area contributed by atoms with Gasteiger partial charge in [0.05, 0.1) is 7.11 Å². The highest BCUT2D eigenvalue weighted by atomic mass is 32.2. The van der Waals surface area contributed by atoms with Crippen LogP contribution in [-0.2, 0) is 20.4 Å². The number of amidine groups is 1. The van der Waals surface area contributed by atoms with E-state index < -0.39 is 38.6 Å². The fraction of sp³-hybridized carbons (Fsp3) is 0.212. The maximum Gasteiger partial charge on any atom is 0.534 e. The molecule has 4 aromatic carbocycles. The Morgan fingerprint density at radius 3 is 2.17 bits per heavy atom. The second-order valence-electron chi connectivity index (χ2n) is 11.3. The van der Waals surface area contributed by atoms with Crippen molar-refractivity contribution in [2.24, 2.45) is 4.99 Å². The first-order chi connectivity index (χ1) is 21.5. The summed E-state index contributed by atoms with van der Waals surface area (Å²) in [5, 5.41) is 10.8. The number of nitrogens with zero attached hydrogens (tertiary/aromatic N) is 1. The predicted molar refractivity (Wildman–Crippen MR) is 166 cm³/mol. The van der Waals surface area contributed by atoms with Gasteiger partial charge in [-0.25, -0.2) is 9.79 Å².